The lowest BCUT2D eigenvalue weighted by Crippen LogP contribution is -2.27. The molecule has 0 aliphatic heterocycles. The standard InChI is InChI=1S/C22H19F3N2O4.C8H11N/c23-13-7-18(24)17(19(25)8-13)10-27-11-26-21(28)16-9-15(5-6-20(16)27)31-14-3-1-12(2-4-14)22(29)30;1-2-7-5-3-4-6-8(7)9/h5-9,11-12,14H,1-4,10H2,(H,29,30);3-6H,2,9H2,1H3. The van der Waals surface area contributed by atoms with Crippen molar-refractivity contribution in [1.82, 2.24) is 9.55 Å². The highest BCUT2D eigenvalue weighted by Crippen LogP contribution is 2.29. The molecule has 3 N–H and O–H groups in total. The number of aliphatic carboxylic acids is 1. The van der Waals surface area contributed by atoms with Gasteiger partial charge in [-0.25, -0.2) is 13.2 Å². The first kappa shape index (κ1) is 28.7. The van der Waals surface area contributed by atoms with Crippen molar-refractivity contribution in [3.63, 3.8) is 0 Å². The summed E-state index contributed by atoms with van der Waals surface area (Å²) in [6.45, 7) is 1.83. The molecule has 1 aliphatic carbocycles. The number of nitrogens with two attached hydrogens (primary N) is 1. The predicted octanol–water partition coefficient (Wildman–Crippen LogP) is 5.72. The molecule has 0 radical (unpaired) electrons. The molecule has 0 atom stereocenters. The Hall–Kier alpha value is -4.34. The second kappa shape index (κ2) is 12.7. The van der Waals surface area contributed by atoms with E-state index in [4.69, 9.17) is 15.6 Å². The van der Waals surface area contributed by atoms with Gasteiger partial charge in [-0.2, -0.15) is 4.98 Å². The summed E-state index contributed by atoms with van der Waals surface area (Å²) in [5.74, 6) is -3.80. The second-order valence-electron chi connectivity index (χ2n) is 9.69. The highest BCUT2D eigenvalue weighted by molar-refractivity contribution is 5.79. The average Bonchev–Trinajstić information content (AvgIpc) is 2.93. The maximum Gasteiger partial charge on any atom is 0.306 e. The van der Waals surface area contributed by atoms with E-state index in [9.17, 15) is 22.8 Å². The molecule has 1 fully saturated rings. The van der Waals surface area contributed by atoms with Gasteiger partial charge in [0, 0.05) is 23.4 Å². The van der Waals surface area contributed by atoms with Crippen LogP contribution in [0, 0.1) is 23.4 Å². The fraction of sp³-hybridized carbons (Fsp3) is 0.300. The SMILES string of the molecule is CCc1ccccc1N.O=C(O)C1CCC(Oc2ccc3c(c2)c(=O)ncn3Cc2c(F)cc(F)cc2F)CC1. The number of para-hydroxylation sites is 1. The number of nitrogens with zero attached hydrogens (tertiary/aromatic N) is 2. The van der Waals surface area contributed by atoms with Crippen molar-refractivity contribution < 1.29 is 27.8 Å². The Bertz CT molecular complexity index is 1540. The normalized spacial score (nSPS) is 16.7. The molecule has 0 saturated heterocycles. The van der Waals surface area contributed by atoms with Crippen molar-refractivity contribution in [3.05, 3.63) is 99.9 Å². The number of ether oxygens (including phenoxy) is 1. The van der Waals surface area contributed by atoms with Crippen LogP contribution in [0.4, 0.5) is 18.9 Å². The van der Waals surface area contributed by atoms with Gasteiger partial charge in [0.15, 0.2) is 0 Å². The first-order valence-corrected chi connectivity index (χ1v) is 13.0. The van der Waals surface area contributed by atoms with Crippen LogP contribution in [-0.4, -0.2) is 26.7 Å². The van der Waals surface area contributed by atoms with Crippen LogP contribution in [0.25, 0.3) is 10.9 Å². The summed E-state index contributed by atoms with van der Waals surface area (Å²) in [6.07, 6.45) is 4.28. The Labute approximate surface area is 229 Å². The number of aromatic nitrogens is 2. The van der Waals surface area contributed by atoms with Crippen molar-refractivity contribution >= 4 is 22.6 Å². The van der Waals surface area contributed by atoms with Gasteiger partial charge in [-0.15, -0.1) is 0 Å². The largest absolute Gasteiger partial charge is 0.490 e. The lowest BCUT2D eigenvalue weighted by molar-refractivity contribution is -0.143. The smallest absolute Gasteiger partial charge is 0.306 e. The minimum absolute atomic E-state index is 0.158. The second-order valence-corrected chi connectivity index (χ2v) is 9.69. The van der Waals surface area contributed by atoms with E-state index in [1.807, 2.05) is 18.2 Å². The molecule has 1 aliphatic rings. The Morgan fingerprint density at radius 3 is 2.33 bits per heavy atom. The minimum Gasteiger partial charge on any atom is -0.490 e. The van der Waals surface area contributed by atoms with E-state index in [2.05, 4.69) is 18.0 Å². The monoisotopic (exact) mass is 553 g/mol. The van der Waals surface area contributed by atoms with Gasteiger partial charge in [-0.3, -0.25) is 9.59 Å². The van der Waals surface area contributed by atoms with Gasteiger partial charge < -0.3 is 20.1 Å². The van der Waals surface area contributed by atoms with Crippen LogP contribution in [0.2, 0.25) is 0 Å². The van der Waals surface area contributed by atoms with Gasteiger partial charge in [0.05, 0.1) is 35.8 Å². The fourth-order valence-corrected chi connectivity index (χ4v) is 4.76. The Balaban J connectivity index is 0.000000350. The number of anilines is 1. The van der Waals surface area contributed by atoms with Crippen LogP contribution in [0.15, 0.2) is 65.7 Å². The molecule has 0 unspecified atom stereocenters. The number of rotatable bonds is 6. The van der Waals surface area contributed by atoms with E-state index in [0.29, 0.717) is 49.1 Å². The minimum atomic E-state index is -1.03. The molecule has 0 spiro atoms. The molecule has 10 heteroatoms. The number of halogens is 3. The summed E-state index contributed by atoms with van der Waals surface area (Å²) in [7, 11) is 0. The van der Waals surface area contributed by atoms with Gasteiger partial charge >= 0.3 is 5.97 Å². The maximum atomic E-state index is 14.0. The van der Waals surface area contributed by atoms with Crippen LogP contribution >= 0.6 is 0 Å². The van der Waals surface area contributed by atoms with Crippen LogP contribution in [0.1, 0.15) is 43.7 Å². The summed E-state index contributed by atoms with van der Waals surface area (Å²) in [4.78, 5) is 27.1. The van der Waals surface area contributed by atoms with Crippen LogP contribution in [-0.2, 0) is 17.8 Å². The van der Waals surface area contributed by atoms with Gasteiger partial charge in [0.1, 0.15) is 23.2 Å². The van der Waals surface area contributed by atoms with Crippen molar-refractivity contribution in [1.29, 1.82) is 0 Å². The van der Waals surface area contributed by atoms with Gasteiger partial charge in [-0.1, -0.05) is 25.1 Å². The van der Waals surface area contributed by atoms with Crippen LogP contribution in [0.5, 0.6) is 5.75 Å². The van der Waals surface area contributed by atoms with E-state index in [1.54, 1.807) is 12.1 Å². The highest BCUT2D eigenvalue weighted by Gasteiger charge is 2.27. The molecule has 1 aromatic heterocycles. The lowest BCUT2D eigenvalue weighted by atomic mass is 9.87. The van der Waals surface area contributed by atoms with E-state index < -0.39 is 29.0 Å². The molecule has 210 valence electrons. The fourth-order valence-electron chi connectivity index (χ4n) is 4.76. The van der Waals surface area contributed by atoms with Crippen molar-refractivity contribution in [2.45, 2.75) is 51.7 Å². The van der Waals surface area contributed by atoms with Crippen molar-refractivity contribution in [2.75, 3.05) is 5.73 Å². The third-order valence-corrected chi connectivity index (χ3v) is 7.02. The molecule has 1 heterocycles. The molecule has 7 nitrogen and oxygen atoms in total. The van der Waals surface area contributed by atoms with Crippen LogP contribution < -0.4 is 16.0 Å². The topological polar surface area (TPSA) is 107 Å². The summed E-state index contributed by atoms with van der Waals surface area (Å²) < 4.78 is 48.6. The van der Waals surface area contributed by atoms with Gasteiger partial charge in [-0.05, 0) is 61.9 Å². The van der Waals surface area contributed by atoms with E-state index >= 15 is 0 Å². The molecule has 0 amide bonds. The first-order chi connectivity index (χ1) is 19.2. The molecule has 4 aromatic rings. The molecular weight excluding hydrogens is 523 g/mol. The zero-order chi connectivity index (χ0) is 28.8. The van der Waals surface area contributed by atoms with Crippen molar-refractivity contribution in [2.24, 2.45) is 5.92 Å². The van der Waals surface area contributed by atoms with E-state index in [0.717, 1.165) is 12.1 Å². The Morgan fingerprint density at radius 1 is 1.05 bits per heavy atom. The Kier molecular flexibility index (Phi) is 9.08. The number of carbonyl (C=O) groups is 1. The Morgan fingerprint density at radius 2 is 1.73 bits per heavy atom. The predicted molar refractivity (Wildman–Crippen MR) is 146 cm³/mol. The lowest BCUT2D eigenvalue weighted by Gasteiger charge is -2.26. The number of carboxylic acids is 1. The summed E-state index contributed by atoms with van der Waals surface area (Å²) in [5, 5.41) is 9.30. The first-order valence-electron chi connectivity index (χ1n) is 13.0. The number of hydrogen-bond acceptors (Lipinski definition) is 5. The number of aryl methyl sites for hydroxylation is 1. The van der Waals surface area contributed by atoms with E-state index in [-0.39, 0.29) is 29.5 Å². The number of benzene rings is 3. The number of fused-ring (bicyclic) bond motifs is 1. The van der Waals surface area contributed by atoms with Gasteiger partial charge in [0.2, 0.25) is 0 Å². The summed E-state index contributed by atoms with van der Waals surface area (Å²) >= 11 is 0. The highest BCUT2D eigenvalue weighted by atomic mass is 19.1. The quantitative estimate of drug-likeness (QED) is 0.296. The van der Waals surface area contributed by atoms with E-state index in [1.165, 1.54) is 22.5 Å². The number of nitrogen functional groups attached to an aromatic ring is 1. The zero-order valence-corrected chi connectivity index (χ0v) is 21.9. The maximum absolute atomic E-state index is 14.0. The number of carboxylic acid groups (broad SMARTS) is 1. The van der Waals surface area contributed by atoms with Crippen molar-refractivity contribution in [3.8, 4) is 5.75 Å². The third-order valence-electron chi connectivity index (χ3n) is 7.02. The van der Waals surface area contributed by atoms with Gasteiger partial charge in [0.25, 0.3) is 5.56 Å². The average molecular weight is 554 g/mol. The summed E-state index contributed by atoms with van der Waals surface area (Å²) in [6, 6.07) is 13.9. The molecule has 3 aromatic carbocycles. The zero-order valence-electron chi connectivity index (χ0n) is 21.9. The number of hydrogen-bond donors (Lipinski definition) is 2. The molecule has 0 bridgehead atoms. The van der Waals surface area contributed by atoms with Crippen LogP contribution in [0.3, 0.4) is 0 Å². The molecule has 5 rings (SSSR count). The molecule has 1 saturated carbocycles. The molecular formula is C30H30F3N3O4. The summed E-state index contributed by atoms with van der Waals surface area (Å²) in [5.41, 5.74) is 7.30. The molecule has 40 heavy (non-hydrogen) atoms. The third kappa shape index (κ3) is 6.80.